The molecule has 76 valence electrons. The molecule has 0 unspecified atom stereocenters. The summed E-state index contributed by atoms with van der Waals surface area (Å²) in [5, 5.41) is 0. The number of carbonyl (C=O) groups excluding carboxylic acids is 1. The lowest BCUT2D eigenvalue weighted by atomic mass is 10.1. The topological polar surface area (TPSA) is 35.5 Å². The fourth-order valence-corrected chi connectivity index (χ4v) is 1.06. The Hall–Kier alpha value is -1.26. The van der Waals surface area contributed by atoms with Gasteiger partial charge in [-0.3, -0.25) is 4.79 Å². The molecule has 0 aliphatic heterocycles. The molecule has 4 heteroatoms. The van der Waals surface area contributed by atoms with E-state index in [9.17, 15) is 9.18 Å². The molecular weight excluding hydrogens is 187 g/mol. The summed E-state index contributed by atoms with van der Waals surface area (Å²) < 4.78 is 22.1. The smallest absolute Gasteiger partial charge is 0.222 e. The number of carbonyl (C=O) groups is 1. The molecule has 1 aromatic rings. The second-order valence-corrected chi connectivity index (χ2v) is 2.67. The van der Waals surface area contributed by atoms with Crippen molar-refractivity contribution in [1.29, 1.82) is 0 Å². The molecule has 0 bridgehead atoms. The van der Waals surface area contributed by atoms with Crippen molar-refractivity contribution in [2.24, 2.45) is 0 Å². The summed E-state index contributed by atoms with van der Waals surface area (Å²) in [7, 11) is 2.74. The van der Waals surface area contributed by atoms with Gasteiger partial charge in [0.15, 0.2) is 0 Å². The van der Waals surface area contributed by atoms with Gasteiger partial charge in [-0.1, -0.05) is 0 Å². The Balaban J connectivity index is 2.83. The number of Topliss-reactive ketones (excluding diaryl/α,β-unsaturated/α-hetero) is 1. The number of hydrogen-bond donors (Lipinski definition) is 0. The molecule has 0 aromatic heterocycles. The van der Waals surface area contributed by atoms with E-state index in [0.29, 0.717) is 5.56 Å². The van der Waals surface area contributed by atoms with Gasteiger partial charge >= 0.3 is 0 Å². The molecule has 0 aliphatic carbocycles. The highest BCUT2D eigenvalue weighted by molar-refractivity contribution is 5.98. The molecule has 0 saturated carbocycles. The molecule has 0 N–H and O–H groups in total. The standard InChI is InChI=1S/C10H11FO3/c1-13-10(14-2)9(12)7-3-5-8(11)6-4-7/h3-6,10H,1-2H3. The Morgan fingerprint density at radius 1 is 1.21 bits per heavy atom. The minimum absolute atomic E-state index is 0.324. The number of halogens is 1. The largest absolute Gasteiger partial charge is 0.349 e. The molecule has 0 radical (unpaired) electrons. The van der Waals surface area contributed by atoms with Crippen LogP contribution in [-0.2, 0) is 9.47 Å². The van der Waals surface area contributed by atoms with Gasteiger partial charge in [0, 0.05) is 19.8 Å². The predicted octanol–water partition coefficient (Wildman–Crippen LogP) is 1.63. The summed E-state index contributed by atoms with van der Waals surface area (Å²) in [4.78, 5) is 11.5. The van der Waals surface area contributed by atoms with Crippen molar-refractivity contribution in [3.05, 3.63) is 35.6 Å². The Bertz CT molecular complexity index is 304. The maximum atomic E-state index is 12.5. The maximum Gasteiger partial charge on any atom is 0.222 e. The quantitative estimate of drug-likeness (QED) is 0.544. The van der Waals surface area contributed by atoms with Gasteiger partial charge in [-0.05, 0) is 24.3 Å². The number of ketones is 1. The molecule has 0 heterocycles. The molecule has 3 nitrogen and oxygen atoms in total. The van der Waals surface area contributed by atoms with Crippen molar-refractivity contribution in [2.45, 2.75) is 6.29 Å². The van der Waals surface area contributed by atoms with Gasteiger partial charge in [-0.15, -0.1) is 0 Å². The second-order valence-electron chi connectivity index (χ2n) is 2.67. The lowest BCUT2D eigenvalue weighted by molar-refractivity contribution is -0.0742. The molecular formula is C10H11FO3. The zero-order valence-electron chi connectivity index (χ0n) is 7.99. The number of methoxy groups -OCH3 is 2. The van der Waals surface area contributed by atoms with E-state index in [1.807, 2.05) is 0 Å². The summed E-state index contributed by atoms with van der Waals surface area (Å²) >= 11 is 0. The van der Waals surface area contributed by atoms with Gasteiger partial charge in [0.1, 0.15) is 5.82 Å². The lowest BCUT2D eigenvalue weighted by Crippen LogP contribution is -2.24. The third kappa shape index (κ3) is 2.37. The first-order valence-corrected chi connectivity index (χ1v) is 4.04. The van der Waals surface area contributed by atoms with Crippen LogP contribution >= 0.6 is 0 Å². The second kappa shape index (κ2) is 4.83. The summed E-state index contributed by atoms with van der Waals surface area (Å²) in [6.07, 6.45) is -0.930. The predicted molar refractivity (Wildman–Crippen MR) is 48.5 cm³/mol. The van der Waals surface area contributed by atoms with Gasteiger partial charge < -0.3 is 9.47 Å². The highest BCUT2D eigenvalue weighted by Gasteiger charge is 2.18. The van der Waals surface area contributed by atoms with E-state index < -0.39 is 6.29 Å². The number of hydrogen-bond acceptors (Lipinski definition) is 3. The first-order chi connectivity index (χ1) is 6.69. The van der Waals surface area contributed by atoms with Gasteiger partial charge in [0.25, 0.3) is 0 Å². The van der Waals surface area contributed by atoms with Crippen LogP contribution in [0.4, 0.5) is 4.39 Å². The van der Waals surface area contributed by atoms with Crippen LogP contribution in [0.2, 0.25) is 0 Å². The van der Waals surface area contributed by atoms with Crippen molar-refractivity contribution in [1.82, 2.24) is 0 Å². The van der Waals surface area contributed by atoms with E-state index in [-0.39, 0.29) is 11.6 Å². The molecule has 0 atom stereocenters. The van der Waals surface area contributed by atoms with Gasteiger partial charge in [-0.25, -0.2) is 4.39 Å². The first-order valence-electron chi connectivity index (χ1n) is 4.04. The van der Waals surface area contributed by atoms with Crippen LogP contribution in [0.1, 0.15) is 10.4 Å². The van der Waals surface area contributed by atoms with Crippen LogP contribution in [0.5, 0.6) is 0 Å². The number of rotatable bonds is 4. The molecule has 0 spiro atoms. The summed E-state index contributed by atoms with van der Waals surface area (Å²) in [6.45, 7) is 0. The van der Waals surface area contributed by atoms with Gasteiger partial charge in [0.05, 0.1) is 0 Å². The van der Waals surface area contributed by atoms with Crippen LogP contribution in [-0.4, -0.2) is 26.3 Å². The average Bonchev–Trinajstić information content (AvgIpc) is 2.20. The summed E-state index contributed by atoms with van der Waals surface area (Å²) in [5.41, 5.74) is 0.361. The Morgan fingerprint density at radius 3 is 2.14 bits per heavy atom. The molecule has 0 fully saturated rings. The Morgan fingerprint density at radius 2 is 1.71 bits per heavy atom. The van der Waals surface area contributed by atoms with E-state index in [1.165, 1.54) is 38.5 Å². The lowest BCUT2D eigenvalue weighted by Gasteiger charge is -2.11. The molecule has 0 saturated heterocycles. The normalized spacial score (nSPS) is 10.6. The summed E-state index contributed by atoms with van der Waals surface area (Å²) in [6, 6.07) is 5.22. The van der Waals surface area contributed by atoms with E-state index in [2.05, 4.69) is 0 Å². The number of benzene rings is 1. The zero-order chi connectivity index (χ0) is 10.6. The summed E-state index contributed by atoms with van der Waals surface area (Å²) in [5.74, 6) is -0.706. The van der Waals surface area contributed by atoms with Crippen LogP contribution < -0.4 is 0 Å². The van der Waals surface area contributed by atoms with Crippen molar-refractivity contribution >= 4 is 5.78 Å². The van der Waals surface area contributed by atoms with Crippen molar-refractivity contribution in [3.8, 4) is 0 Å². The molecule has 0 amide bonds. The first kappa shape index (κ1) is 10.8. The van der Waals surface area contributed by atoms with E-state index in [4.69, 9.17) is 9.47 Å². The molecule has 1 aromatic carbocycles. The fourth-order valence-electron chi connectivity index (χ4n) is 1.06. The Kier molecular flexibility index (Phi) is 3.73. The van der Waals surface area contributed by atoms with Gasteiger partial charge in [-0.2, -0.15) is 0 Å². The molecule has 0 aliphatic rings. The van der Waals surface area contributed by atoms with Crippen molar-refractivity contribution in [3.63, 3.8) is 0 Å². The zero-order valence-corrected chi connectivity index (χ0v) is 7.99. The third-order valence-electron chi connectivity index (χ3n) is 1.77. The molecule has 1 rings (SSSR count). The number of ether oxygens (including phenoxy) is 2. The highest BCUT2D eigenvalue weighted by atomic mass is 19.1. The minimum atomic E-state index is -0.930. The van der Waals surface area contributed by atoms with Crippen LogP contribution in [0.3, 0.4) is 0 Å². The fraction of sp³-hybridized carbons (Fsp3) is 0.300. The minimum Gasteiger partial charge on any atom is -0.349 e. The van der Waals surface area contributed by atoms with E-state index >= 15 is 0 Å². The SMILES string of the molecule is COC(OC)C(=O)c1ccc(F)cc1. The van der Waals surface area contributed by atoms with Crippen molar-refractivity contribution in [2.75, 3.05) is 14.2 Å². The van der Waals surface area contributed by atoms with Crippen LogP contribution in [0.25, 0.3) is 0 Å². The van der Waals surface area contributed by atoms with E-state index in [0.717, 1.165) is 0 Å². The molecule has 14 heavy (non-hydrogen) atoms. The third-order valence-corrected chi connectivity index (χ3v) is 1.77. The van der Waals surface area contributed by atoms with Crippen molar-refractivity contribution < 1.29 is 18.7 Å². The highest BCUT2D eigenvalue weighted by Crippen LogP contribution is 2.08. The van der Waals surface area contributed by atoms with Crippen LogP contribution in [0, 0.1) is 5.82 Å². The maximum absolute atomic E-state index is 12.5. The van der Waals surface area contributed by atoms with E-state index in [1.54, 1.807) is 0 Å². The van der Waals surface area contributed by atoms with Gasteiger partial charge in [0.2, 0.25) is 12.1 Å². The Labute approximate surface area is 81.4 Å². The average molecular weight is 198 g/mol. The monoisotopic (exact) mass is 198 g/mol. The van der Waals surface area contributed by atoms with Crippen LogP contribution in [0.15, 0.2) is 24.3 Å².